The topological polar surface area (TPSA) is 15.3 Å². The van der Waals surface area contributed by atoms with Gasteiger partial charge < -0.3 is 10.2 Å². The molecule has 1 fully saturated rings. The first kappa shape index (κ1) is 12.0. The number of benzene rings is 1. The molecule has 2 nitrogen and oxygen atoms in total. The maximum absolute atomic E-state index is 3.38. The van der Waals surface area contributed by atoms with E-state index < -0.39 is 0 Å². The molecular formula is C16H24N2. The first-order valence-electron chi connectivity index (χ1n) is 7.29. The van der Waals surface area contributed by atoms with Crippen molar-refractivity contribution in [2.24, 2.45) is 5.92 Å². The molecule has 0 amide bonds. The van der Waals surface area contributed by atoms with Crippen LogP contribution in [0.1, 0.15) is 31.7 Å². The SMILES string of the molecule is CNC(C)CC1Cc2ccccc2N1CC1CC1. The first-order valence-corrected chi connectivity index (χ1v) is 7.29. The van der Waals surface area contributed by atoms with E-state index in [9.17, 15) is 0 Å². The summed E-state index contributed by atoms with van der Waals surface area (Å²) in [6.07, 6.45) is 5.35. The Morgan fingerprint density at radius 3 is 2.83 bits per heavy atom. The molecular weight excluding hydrogens is 220 g/mol. The third-order valence-corrected chi connectivity index (χ3v) is 4.47. The summed E-state index contributed by atoms with van der Waals surface area (Å²) < 4.78 is 0. The summed E-state index contributed by atoms with van der Waals surface area (Å²) in [5.41, 5.74) is 3.05. The Morgan fingerprint density at radius 1 is 1.33 bits per heavy atom. The Balaban J connectivity index is 1.77. The second-order valence-electron chi connectivity index (χ2n) is 6.01. The standard InChI is InChI=1S/C16H24N2/c1-12(17-2)9-15-10-14-5-3-4-6-16(14)18(15)11-13-7-8-13/h3-6,12-13,15,17H,7-11H2,1-2H3. The van der Waals surface area contributed by atoms with Gasteiger partial charge in [0.1, 0.15) is 0 Å². The van der Waals surface area contributed by atoms with Crippen molar-refractivity contribution in [3.8, 4) is 0 Å². The first-order chi connectivity index (χ1) is 8.78. The van der Waals surface area contributed by atoms with Gasteiger partial charge in [-0.2, -0.15) is 0 Å². The monoisotopic (exact) mass is 244 g/mol. The van der Waals surface area contributed by atoms with E-state index in [1.165, 1.54) is 37.9 Å². The van der Waals surface area contributed by atoms with Crippen LogP contribution in [-0.4, -0.2) is 25.7 Å². The number of hydrogen-bond donors (Lipinski definition) is 1. The molecule has 2 heteroatoms. The van der Waals surface area contributed by atoms with Crippen LogP contribution in [0.2, 0.25) is 0 Å². The van der Waals surface area contributed by atoms with Gasteiger partial charge in [-0.05, 0) is 57.2 Å². The van der Waals surface area contributed by atoms with Gasteiger partial charge in [0.25, 0.3) is 0 Å². The minimum atomic E-state index is 0.603. The summed E-state index contributed by atoms with van der Waals surface area (Å²) >= 11 is 0. The number of hydrogen-bond acceptors (Lipinski definition) is 2. The normalized spacial score (nSPS) is 24.1. The highest BCUT2D eigenvalue weighted by molar-refractivity contribution is 5.59. The van der Waals surface area contributed by atoms with Crippen LogP contribution < -0.4 is 10.2 Å². The predicted molar refractivity (Wildman–Crippen MR) is 77.1 cm³/mol. The smallest absolute Gasteiger partial charge is 0.0402 e. The highest BCUT2D eigenvalue weighted by Gasteiger charge is 2.34. The number of para-hydroxylation sites is 1. The Kier molecular flexibility index (Phi) is 3.29. The number of rotatable bonds is 5. The molecule has 0 aromatic heterocycles. The molecule has 1 aromatic carbocycles. The molecule has 1 aromatic rings. The molecule has 1 saturated carbocycles. The predicted octanol–water partition coefficient (Wildman–Crippen LogP) is 2.83. The maximum atomic E-state index is 3.38. The zero-order valence-corrected chi connectivity index (χ0v) is 11.5. The number of nitrogens with one attached hydrogen (secondary N) is 1. The molecule has 1 aliphatic carbocycles. The number of nitrogens with zero attached hydrogens (tertiary/aromatic N) is 1. The van der Waals surface area contributed by atoms with E-state index >= 15 is 0 Å². The summed E-state index contributed by atoms with van der Waals surface area (Å²) in [7, 11) is 2.07. The lowest BCUT2D eigenvalue weighted by atomic mass is 10.0. The Bertz CT molecular complexity index is 411. The van der Waals surface area contributed by atoms with Crippen LogP contribution in [0.25, 0.3) is 0 Å². The van der Waals surface area contributed by atoms with Crippen molar-refractivity contribution in [2.45, 2.75) is 44.7 Å². The average molecular weight is 244 g/mol. The van der Waals surface area contributed by atoms with Crippen molar-refractivity contribution in [1.29, 1.82) is 0 Å². The molecule has 98 valence electrons. The Morgan fingerprint density at radius 2 is 2.11 bits per heavy atom. The molecule has 1 aliphatic heterocycles. The quantitative estimate of drug-likeness (QED) is 0.857. The minimum absolute atomic E-state index is 0.603. The van der Waals surface area contributed by atoms with Gasteiger partial charge in [-0.25, -0.2) is 0 Å². The van der Waals surface area contributed by atoms with Crippen LogP contribution in [-0.2, 0) is 6.42 Å². The third-order valence-electron chi connectivity index (χ3n) is 4.47. The number of anilines is 1. The van der Waals surface area contributed by atoms with Crippen LogP contribution >= 0.6 is 0 Å². The molecule has 2 atom stereocenters. The molecule has 2 aliphatic rings. The zero-order chi connectivity index (χ0) is 12.5. The van der Waals surface area contributed by atoms with Gasteiger partial charge in [-0.15, -0.1) is 0 Å². The molecule has 0 saturated heterocycles. The molecule has 1 heterocycles. The molecule has 0 radical (unpaired) electrons. The maximum Gasteiger partial charge on any atom is 0.0402 e. The minimum Gasteiger partial charge on any atom is -0.368 e. The van der Waals surface area contributed by atoms with Crippen molar-refractivity contribution in [3.63, 3.8) is 0 Å². The number of fused-ring (bicyclic) bond motifs is 1. The lowest BCUT2D eigenvalue weighted by Crippen LogP contribution is -2.38. The summed E-state index contributed by atoms with van der Waals surface area (Å²) in [5, 5.41) is 3.38. The Labute approximate surface area is 110 Å². The van der Waals surface area contributed by atoms with Crippen LogP contribution in [0.5, 0.6) is 0 Å². The summed E-state index contributed by atoms with van der Waals surface area (Å²) in [4.78, 5) is 2.68. The van der Waals surface area contributed by atoms with E-state index in [1.807, 2.05) is 0 Å². The van der Waals surface area contributed by atoms with Crippen LogP contribution in [0, 0.1) is 5.92 Å². The van der Waals surface area contributed by atoms with E-state index in [2.05, 4.69) is 48.5 Å². The lowest BCUT2D eigenvalue weighted by Gasteiger charge is -2.29. The van der Waals surface area contributed by atoms with Crippen LogP contribution in [0.15, 0.2) is 24.3 Å². The van der Waals surface area contributed by atoms with Crippen molar-refractivity contribution in [2.75, 3.05) is 18.5 Å². The Hall–Kier alpha value is -1.02. The van der Waals surface area contributed by atoms with E-state index in [4.69, 9.17) is 0 Å². The van der Waals surface area contributed by atoms with Crippen LogP contribution in [0.3, 0.4) is 0 Å². The van der Waals surface area contributed by atoms with Gasteiger partial charge in [0.15, 0.2) is 0 Å². The third kappa shape index (κ3) is 2.39. The fraction of sp³-hybridized carbons (Fsp3) is 0.625. The molecule has 0 bridgehead atoms. The largest absolute Gasteiger partial charge is 0.368 e. The summed E-state index contributed by atoms with van der Waals surface area (Å²) in [5.74, 6) is 0.962. The lowest BCUT2D eigenvalue weighted by molar-refractivity contribution is 0.473. The molecule has 3 rings (SSSR count). The van der Waals surface area contributed by atoms with Crippen molar-refractivity contribution >= 4 is 5.69 Å². The van der Waals surface area contributed by atoms with Crippen LogP contribution in [0.4, 0.5) is 5.69 Å². The van der Waals surface area contributed by atoms with E-state index in [0.717, 1.165) is 5.92 Å². The molecule has 1 N–H and O–H groups in total. The summed E-state index contributed by atoms with van der Waals surface area (Å²) in [6.45, 7) is 3.57. The van der Waals surface area contributed by atoms with Crippen molar-refractivity contribution in [3.05, 3.63) is 29.8 Å². The van der Waals surface area contributed by atoms with Gasteiger partial charge in [0, 0.05) is 24.3 Å². The van der Waals surface area contributed by atoms with E-state index in [0.29, 0.717) is 12.1 Å². The van der Waals surface area contributed by atoms with Gasteiger partial charge in [-0.1, -0.05) is 18.2 Å². The van der Waals surface area contributed by atoms with Gasteiger partial charge in [-0.3, -0.25) is 0 Å². The second-order valence-corrected chi connectivity index (χ2v) is 6.01. The van der Waals surface area contributed by atoms with E-state index in [1.54, 1.807) is 5.56 Å². The van der Waals surface area contributed by atoms with Gasteiger partial charge in [0.2, 0.25) is 0 Å². The molecule has 2 unspecified atom stereocenters. The molecule has 0 spiro atoms. The fourth-order valence-electron chi connectivity index (χ4n) is 3.09. The second kappa shape index (κ2) is 4.93. The summed E-state index contributed by atoms with van der Waals surface area (Å²) in [6, 6.07) is 10.3. The average Bonchev–Trinajstić information content (AvgIpc) is 3.14. The van der Waals surface area contributed by atoms with E-state index in [-0.39, 0.29) is 0 Å². The van der Waals surface area contributed by atoms with Crippen molar-refractivity contribution in [1.82, 2.24) is 5.32 Å². The van der Waals surface area contributed by atoms with Crippen molar-refractivity contribution < 1.29 is 0 Å². The van der Waals surface area contributed by atoms with Gasteiger partial charge in [0.05, 0.1) is 0 Å². The molecule has 18 heavy (non-hydrogen) atoms. The zero-order valence-electron chi connectivity index (χ0n) is 11.5. The van der Waals surface area contributed by atoms with Gasteiger partial charge >= 0.3 is 0 Å². The highest BCUT2D eigenvalue weighted by Crippen LogP contribution is 2.38. The highest BCUT2D eigenvalue weighted by atomic mass is 15.2. The fourth-order valence-corrected chi connectivity index (χ4v) is 3.09.